The van der Waals surface area contributed by atoms with E-state index in [4.69, 9.17) is 9.47 Å². The van der Waals surface area contributed by atoms with E-state index in [9.17, 15) is 0 Å². The van der Waals surface area contributed by atoms with Crippen molar-refractivity contribution in [3.05, 3.63) is 34.9 Å². The highest BCUT2D eigenvalue weighted by molar-refractivity contribution is 5.52. The summed E-state index contributed by atoms with van der Waals surface area (Å²) < 4.78 is 11.6. The first-order chi connectivity index (χ1) is 10.6. The Kier molecular flexibility index (Phi) is 4.53. The highest BCUT2D eigenvalue weighted by Gasteiger charge is 2.34. The molecule has 0 unspecified atom stereocenters. The van der Waals surface area contributed by atoms with E-state index < -0.39 is 5.79 Å². The normalized spacial score (nSPS) is 29.2. The quantitative estimate of drug-likeness (QED) is 0.683. The van der Waals surface area contributed by atoms with Crippen molar-refractivity contribution < 1.29 is 9.47 Å². The maximum Gasteiger partial charge on any atom is 0.163 e. The van der Waals surface area contributed by atoms with Gasteiger partial charge in [-0.15, -0.1) is 0 Å². The van der Waals surface area contributed by atoms with Gasteiger partial charge in [-0.1, -0.05) is 35.8 Å². The van der Waals surface area contributed by atoms with Crippen LogP contribution in [0.5, 0.6) is 0 Å². The number of hydrogen-bond donors (Lipinski definition) is 0. The van der Waals surface area contributed by atoms with E-state index in [2.05, 4.69) is 35.8 Å². The molecule has 0 radical (unpaired) electrons. The van der Waals surface area contributed by atoms with Gasteiger partial charge in [-0.05, 0) is 51.2 Å². The molecule has 0 bridgehead atoms. The molecule has 2 heteroatoms. The molecule has 0 saturated carbocycles. The van der Waals surface area contributed by atoms with Crippen LogP contribution in [0.2, 0.25) is 0 Å². The summed E-state index contributed by atoms with van der Waals surface area (Å²) in [6.45, 7) is 4.46. The molecule has 1 saturated heterocycles. The predicted molar refractivity (Wildman–Crippen MR) is 87.8 cm³/mol. The number of fused-ring (bicyclic) bond motifs is 1. The molecule has 0 N–H and O–H groups in total. The van der Waals surface area contributed by atoms with E-state index in [0.29, 0.717) is 6.61 Å². The van der Waals surface area contributed by atoms with Gasteiger partial charge in [0.05, 0.1) is 6.61 Å². The second kappa shape index (κ2) is 6.57. The summed E-state index contributed by atoms with van der Waals surface area (Å²) in [7, 11) is 0. The molecule has 1 atom stereocenters. The summed E-state index contributed by atoms with van der Waals surface area (Å²) in [4.78, 5) is 0. The van der Waals surface area contributed by atoms with E-state index >= 15 is 0 Å². The maximum atomic E-state index is 5.96. The van der Waals surface area contributed by atoms with Crippen molar-refractivity contribution in [3.8, 4) is 23.7 Å². The summed E-state index contributed by atoms with van der Waals surface area (Å²) in [6.07, 6.45) is 11.5. The lowest BCUT2D eigenvalue weighted by Gasteiger charge is -2.17. The Morgan fingerprint density at radius 2 is 2.09 bits per heavy atom. The van der Waals surface area contributed by atoms with Gasteiger partial charge in [0, 0.05) is 17.6 Å². The summed E-state index contributed by atoms with van der Waals surface area (Å²) in [6, 6.07) is 0. The zero-order chi connectivity index (χ0) is 15.4. The van der Waals surface area contributed by atoms with Gasteiger partial charge >= 0.3 is 0 Å². The van der Waals surface area contributed by atoms with Crippen LogP contribution >= 0.6 is 0 Å². The van der Waals surface area contributed by atoms with Crippen molar-refractivity contribution in [2.45, 2.75) is 57.8 Å². The molecule has 0 aromatic rings. The Morgan fingerprint density at radius 1 is 1.18 bits per heavy atom. The fourth-order valence-corrected chi connectivity index (χ4v) is 2.84. The smallest absolute Gasteiger partial charge is 0.163 e. The van der Waals surface area contributed by atoms with E-state index in [1.807, 2.05) is 19.9 Å². The fourth-order valence-electron chi connectivity index (χ4n) is 2.84. The van der Waals surface area contributed by atoms with Gasteiger partial charge in [-0.3, -0.25) is 0 Å². The highest BCUT2D eigenvalue weighted by Crippen LogP contribution is 2.28. The summed E-state index contributed by atoms with van der Waals surface area (Å²) in [5.74, 6) is 12.6. The lowest BCUT2D eigenvalue weighted by molar-refractivity contribution is -0.133. The van der Waals surface area contributed by atoms with Crippen molar-refractivity contribution in [2.24, 2.45) is 0 Å². The molecule has 1 heterocycles. The summed E-state index contributed by atoms with van der Waals surface area (Å²) >= 11 is 0. The Balaban J connectivity index is 1.89. The van der Waals surface area contributed by atoms with Gasteiger partial charge in [-0.25, -0.2) is 0 Å². The number of rotatable bonds is 1. The number of ether oxygens (including phenoxy) is 2. The van der Waals surface area contributed by atoms with Crippen LogP contribution in [0, 0.1) is 23.7 Å². The molecule has 2 aliphatic carbocycles. The van der Waals surface area contributed by atoms with Crippen LogP contribution in [0.3, 0.4) is 0 Å². The van der Waals surface area contributed by atoms with Crippen LogP contribution in [-0.2, 0) is 9.47 Å². The van der Waals surface area contributed by atoms with Crippen molar-refractivity contribution in [1.82, 2.24) is 0 Å². The molecule has 0 aromatic heterocycles. The van der Waals surface area contributed by atoms with E-state index in [1.54, 1.807) is 0 Å². The molecule has 22 heavy (non-hydrogen) atoms. The average Bonchev–Trinajstić information content (AvgIpc) is 2.84. The molecular weight excluding hydrogens is 272 g/mol. The summed E-state index contributed by atoms with van der Waals surface area (Å²) in [5.41, 5.74) is 3.43. The Labute approximate surface area is 133 Å². The standard InChI is InChI=1S/C20H22O2/c1-20(2)21-15-19(22-20)18-12-6-4-3-5-9-16-10-7-8-11-17(16)13-14-18/h9,11-12,19H,4,6-8,10,15H2,1-2H3/b16-9-,18-12?/t19-/m1/s1. The van der Waals surface area contributed by atoms with E-state index in [0.717, 1.165) is 36.8 Å². The summed E-state index contributed by atoms with van der Waals surface area (Å²) in [5, 5.41) is 0. The third kappa shape index (κ3) is 3.72. The predicted octanol–water partition coefficient (Wildman–Crippen LogP) is 3.90. The van der Waals surface area contributed by atoms with E-state index in [1.165, 1.54) is 12.0 Å². The minimum absolute atomic E-state index is 0.0622. The van der Waals surface area contributed by atoms with Crippen LogP contribution < -0.4 is 0 Å². The molecule has 0 amide bonds. The number of hydrogen-bond acceptors (Lipinski definition) is 2. The SMILES string of the molecule is CC1(C)OC[C@H](C2=CCCC#C/C=C3/CCCC=C3C#C2)O1. The van der Waals surface area contributed by atoms with Crippen LogP contribution in [0.4, 0.5) is 0 Å². The van der Waals surface area contributed by atoms with Crippen LogP contribution in [0.15, 0.2) is 34.9 Å². The maximum absolute atomic E-state index is 5.96. The third-order valence-electron chi connectivity index (χ3n) is 4.02. The van der Waals surface area contributed by atoms with Crippen LogP contribution in [0.25, 0.3) is 0 Å². The molecule has 114 valence electrons. The molecule has 0 spiro atoms. The zero-order valence-corrected chi connectivity index (χ0v) is 13.4. The molecule has 3 aliphatic rings. The monoisotopic (exact) mass is 294 g/mol. The van der Waals surface area contributed by atoms with Crippen LogP contribution in [0.1, 0.15) is 46.0 Å². The molecule has 0 aromatic carbocycles. The first kappa shape index (κ1) is 15.2. The van der Waals surface area contributed by atoms with Gasteiger partial charge in [0.2, 0.25) is 0 Å². The van der Waals surface area contributed by atoms with Crippen molar-refractivity contribution in [2.75, 3.05) is 6.61 Å². The Hall–Kier alpha value is -1.74. The van der Waals surface area contributed by atoms with Crippen LogP contribution in [-0.4, -0.2) is 18.5 Å². The number of allylic oxidation sites excluding steroid dienone is 5. The Morgan fingerprint density at radius 3 is 2.91 bits per heavy atom. The van der Waals surface area contributed by atoms with Crippen molar-refractivity contribution in [3.63, 3.8) is 0 Å². The molecular formula is C20H22O2. The van der Waals surface area contributed by atoms with Crippen molar-refractivity contribution >= 4 is 0 Å². The average molecular weight is 294 g/mol. The third-order valence-corrected chi connectivity index (χ3v) is 4.02. The molecule has 1 fully saturated rings. The van der Waals surface area contributed by atoms with E-state index in [-0.39, 0.29) is 6.10 Å². The van der Waals surface area contributed by atoms with Gasteiger partial charge in [-0.2, -0.15) is 0 Å². The molecule has 3 rings (SSSR count). The second-order valence-corrected chi connectivity index (χ2v) is 6.27. The first-order valence-corrected chi connectivity index (χ1v) is 8.06. The highest BCUT2D eigenvalue weighted by atomic mass is 16.7. The van der Waals surface area contributed by atoms with Gasteiger partial charge < -0.3 is 9.47 Å². The minimum atomic E-state index is -0.519. The lowest BCUT2D eigenvalue weighted by atomic mass is 9.93. The molecule has 2 nitrogen and oxygen atoms in total. The van der Waals surface area contributed by atoms with Gasteiger partial charge in [0.15, 0.2) is 5.79 Å². The van der Waals surface area contributed by atoms with Crippen molar-refractivity contribution in [1.29, 1.82) is 0 Å². The molecule has 1 aliphatic heterocycles. The van der Waals surface area contributed by atoms with Gasteiger partial charge in [0.1, 0.15) is 6.10 Å². The fraction of sp³-hybridized carbons (Fsp3) is 0.500. The Bertz CT molecular complexity index is 653. The first-order valence-electron chi connectivity index (χ1n) is 8.06. The topological polar surface area (TPSA) is 18.5 Å². The minimum Gasteiger partial charge on any atom is -0.347 e. The largest absolute Gasteiger partial charge is 0.347 e. The zero-order valence-electron chi connectivity index (χ0n) is 13.4. The second-order valence-electron chi connectivity index (χ2n) is 6.27. The van der Waals surface area contributed by atoms with Gasteiger partial charge in [0.25, 0.3) is 0 Å². The lowest BCUT2D eigenvalue weighted by Crippen LogP contribution is -2.22.